The number of nitrogens with one attached hydrogen (secondary N) is 1. The van der Waals surface area contributed by atoms with Crippen molar-refractivity contribution in [1.29, 1.82) is 0 Å². The maximum atomic E-state index is 12.0. The first-order valence-electron chi connectivity index (χ1n) is 7.06. The van der Waals surface area contributed by atoms with E-state index in [0.717, 1.165) is 41.1 Å². The van der Waals surface area contributed by atoms with Crippen molar-refractivity contribution in [2.45, 2.75) is 32.2 Å². The number of likely N-dealkylation sites (N-methyl/N-ethyl adjacent to an activating group) is 2. The lowest BCUT2D eigenvalue weighted by Crippen LogP contribution is -2.51. The molecule has 0 bridgehead atoms. The molecule has 0 saturated carbocycles. The highest BCUT2D eigenvalue weighted by molar-refractivity contribution is 14.1. The molecule has 2 heterocycles. The number of hydrogen-bond donors (Lipinski definition) is 1. The molecule has 1 aromatic heterocycles. The highest BCUT2D eigenvalue weighted by atomic mass is 127. The van der Waals surface area contributed by atoms with Crippen LogP contribution in [0.3, 0.4) is 0 Å². The Morgan fingerprint density at radius 2 is 2.10 bits per heavy atom. The average molecular weight is 390 g/mol. The molecule has 1 fully saturated rings. The van der Waals surface area contributed by atoms with Gasteiger partial charge < -0.3 is 14.8 Å². The van der Waals surface area contributed by atoms with Crippen LogP contribution in [-0.4, -0.2) is 59.5 Å². The molecule has 1 saturated heterocycles. The third-order valence-corrected chi connectivity index (χ3v) is 4.94. The van der Waals surface area contributed by atoms with Crippen LogP contribution in [0.4, 0.5) is 0 Å². The van der Waals surface area contributed by atoms with Crippen molar-refractivity contribution in [3.05, 3.63) is 25.4 Å². The molecule has 20 heavy (non-hydrogen) atoms. The van der Waals surface area contributed by atoms with Crippen molar-refractivity contribution in [2.24, 2.45) is 0 Å². The first-order chi connectivity index (χ1) is 9.38. The Balaban J connectivity index is 2.23. The predicted octanol–water partition coefficient (Wildman–Crippen LogP) is 1.29. The first kappa shape index (κ1) is 15.9. The second-order valence-corrected chi connectivity index (χ2v) is 7.05. The van der Waals surface area contributed by atoms with Crippen LogP contribution < -0.4 is 5.56 Å². The molecule has 112 valence electrons. The molecule has 1 N–H and O–H groups in total. The first-order valence-corrected chi connectivity index (χ1v) is 8.13. The Bertz CT molecular complexity index is 528. The van der Waals surface area contributed by atoms with Crippen LogP contribution in [0.5, 0.6) is 0 Å². The number of piperazine rings is 1. The molecule has 0 radical (unpaired) electrons. The van der Waals surface area contributed by atoms with E-state index < -0.39 is 0 Å². The summed E-state index contributed by atoms with van der Waals surface area (Å²) >= 11 is 2.09. The van der Waals surface area contributed by atoms with E-state index in [4.69, 9.17) is 0 Å². The summed E-state index contributed by atoms with van der Waals surface area (Å²) < 4.78 is 0.718. The lowest BCUT2D eigenvalue weighted by atomic mass is 10.1. The van der Waals surface area contributed by atoms with Gasteiger partial charge in [0.25, 0.3) is 5.56 Å². The van der Waals surface area contributed by atoms with Crippen LogP contribution in [0.1, 0.15) is 31.3 Å². The van der Waals surface area contributed by atoms with Gasteiger partial charge in [-0.1, -0.05) is 13.8 Å². The second-order valence-electron chi connectivity index (χ2n) is 5.97. The average Bonchev–Trinajstić information content (AvgIpc) is 2.37. The van der Waals surface area contributed by atoms with E-state index in [-0.39, 0.29) is 11.5 Å². The van der Waals surface area contributed by atoms with Crippen LogP contribution in [0.15, 0.2) is 4.79 Å². The Morgan fingerprint density at radius 1 is 1.40 bits per heavy atom. The van der Waals surface area contributed by atoms with Crippen molar-refractivity contribution in [3.63, 3.8) is 0 Å². The summed E-state index contributed by atoms with van der Waals surface area (Å²) in [5, 5.41) is 0. The summed E-state index contributed by atoms with van der Waals surface area (Å²) in [6.45, 7) is 7.33. The van der Waals surface area contributed by atoms with E-state index in [1.165, 1.54) is 0 Å². The number of aromatic amines is 1. The SMILES string of the molecule is CC(C)c1nc(CC2CN(C)CCN2C)[nH]c(=O)c1I. The van der Waals surface area contributed by atoms with Gasteiger partial charge in [-0.25, -0.2) is 4.98 Å². The zero-order valence-electron chi connectivity index (χ0n) is 12.6. The van der Waals surface area contributed by atoms with Crippen molar-refractivity contribution in [3.8, 4) is 0 Å². The number of aromatic nitrogens is 2. The fourth-order valence-electron chi connectivity index (χ4n) is 2.55. The number of hydrogen-bond acceptors (Lipinski definition) is 4. The molecular weight excluding hydrogens is 367 g/mol. The minimum Gasteiger partial charge on any atom is -0.310 e. The van der Waals surface area contributed by atoms with Gasteiger partial charge in [-0.3, -0.25) is 4.79 Å². The topological polar surface area (TPSA) is 52.2 Å². The molecule has 5 nitrogen and oxygen atoms in total. The third kappa shape index (κ3) is 3.59. The normalized spacial score (nSPS) is 21.6. The van der Waals surface area contributed by atoms with Gasteiger partial charge in [0.15, 0.2) is 0 Å². The maximum absolute atomic E-state index is 12.0. The minimum absolute atomic E-state index is 0.00822. The van der Waals surface area contributed by atoms with Crippen LogP contribution in [-0.2, 0) is 6.42 Å². The van der Waals surface area contributed by atoms with Gasteiger partial charge >= 0.3 is 0 Å². The van der Waals surface area contributed by atoms with E-state index >= 15 is 0 Å². The van der Waals surface area contributed by atoms with E-state index in [1.54, 1.807) is 0 Å². The molecule has 0 amide bonds. The molecule has 0 spiro atoms. The van der Waals surface area contributed by atoms with E-state index in [0.29, 0.717) is 6.04 Å². The van der Waals surface area contributed by atoms with E-state index in [1.807, 2.05) is 0 Å². The predicted molar refractivity (Wildman–Crippen MR) is 89.3 cm³/mol. The van der Waals surface area contributed by atoms with Gasteiger partial charge in [-0.2, -0.15) is 0 Å². The molecule has 1 aliphatic rings. The van der Waals surface area contributed by atoms with Crippen molar-refractivity contribution < 1.29 is 0 Å². The van der Waals surface area contributed by atoms with Gasteiger partial charge in [0.1, 0.15) is 5.82 Å². The monoisotopic (exact) mass is 390 g/mol. The summed E-state index contributed by atoms with van der Waals surface area (Å²) in [5.41, 5.74) is 0.905. The second kappa shape index (κ2) is 6.53. The molecule has 0 aromatic carbocycles. The maximum Gasteiger partial charge on any atom is 0.264 e. The molecular formula is C14H23IN4O. The fourth-order valence-corrected chi connectivity index (χ4v) is 3.43. The number of rotatable bonds is 3. The molecule has 0 aliphatic carbocycles. The quantitative estimate of drug-likeness (QED) is 0.791. The Labute approximate surface area is 133 Å². The summed E-state index contributed by atoms with van der Waals surface area (Å²) in [7, 11) is 4.29. The summed E-state index contributed by atoms with van der Waals surface area (Å²) in [4.78, 5) is 24.3. The standard InChI is InChI=1S/C14H23IN4O/c1-9(2)13-12(15)14(20)17-11(16-13)7-10-8-18(3)5-6-19(10)4/h9-10H,5-8H2,1-4H3,(H,16,17,20). The van der Waals surface area contributed by atoms with Crippen LogP contribution in [0, 0.1) is 3.57 Å². The molecule has 1 aliphatic heterocycles. The molecule has 6 heteroatoms. The minimum atomic E-state index is -0.00822. The van der Waals surface area contributed by atoms with Crippen molar-refractivity contribution in [1.82, 2.24) is 19.8 Å². The molecule has 1 unspecified atom stereocenters. The Morgan fingerprint density at radius 3 is 2.75 bits per heavy atom. The molecule has 1 atom stereocenters. The van der Waals surface area contributed by atoms with Crippen LogP contribution >= 0.6 is 22.6 Å². The Kier molecular flexibility index (Phi) is 5.19. The van der Waals surface area contributed by atoms with Gasteiger partial charge in [0.05, 0.1) is 9.26 Å². The molecule has 1 aromatic rings. The Hall–Kier alpha value is -0.470. The van der Waals surface area contributed by atoms with Gasteiger partial charge in [0.2, 0.25) is 0 Å². The zero-order valence-corrected chi connectivity index (χ0v) is 14.8. The smallest absolute Gasteiger partial charge is 0.264 e. The third-order valence-electron chi connectivity index (χ3n) is 3.89. The lowest BCUT2D eigenvalue weighted by Gasteiger charge is -2.37. The number of nitrogens with zero attached hydrogens (tertiary/aromatic N) is 3. The largest absolute Gasteiger partial charge is 0.310 e. The summed E-state index contributed by atoms with van der Waals surface area (Å²) in [6, 6.07) is 0.414. The highest BCUT2D eigenvalue weighted by Gasteiger charge is 2.24. The summed E-state index contributed by atoms with van der Waals surface area (Å²) in [6.07, 6.45) is 0.798. The van der Waals surface area contributed by atoms with E-state index in [2.05, 4.69) is 70.3 Å². The van der Waals surface area contributed by atoms with Crippen LogP contribution in [0.25, 0.3) is 0 Å². The number of halogens is 1. The van der Waals surface area contributed by atoms with Crippen molar-refractivity contribution in [2.75, 3.05) is 33.7 Å². The lowest BCUT2D eigenvalue weighted by molar-refractivity contribution is 0.113. The van der Waals surface area contributed by atoms with Crippen molar-refractivity contribution >= 4 is 22.6 Å². The highest BCUT2D eigenvalue weighted by Crippen LogP contribution is 2.17. The van der Waals surface area contributed by atoms with Gasteiger partial charge in [0, 0.05) is 32.1 Å². The summed E-state index contributed by atoms with van der Waals surface area (Å²) in [5.74, 6) is 1.08. The molecule has 2 rings (SSSR count). The number of H-pyrrole nitrogens is 1. The van der Waals surface area contributed by atoms with Crippen LogP contribution in [0.2, 0.25) is 0 Å². The van der Waals surface area contributed by atoms with Gasteiger partial charge in [-0.15, -0.1) is 0 Å². The zero-order chi connectivity index (χ0) is 14.9. The van der Waals surface area contributed by atoms with Gasteiger partial charge in [-0.05, 0) is 42.6 Å². The fraction of sp³-hybridized carbons (Fsp3) is 0.714. The van der Waals surface area contributed by atoms with E-state index in [9.17, 15) is 4.79 Å².